The molecule has 32 heavy (non-hydrogen) atoms. The normalized spacial score (nSPS) is 10.7. The summed E-state index contributed by atoms with van der Waals surface area (Å²) in [6.07, 6.45) is 19.5. The smallest absolute Gasteiger partial charge is 0.259 e. The molecule has 6 nitrogen and oxygen atoms in total. The van der Waals surface area contributed by atoms with Crippen molar-refractivity contribution in [3.05, 3.63) is 66.0 Å². The van der Waals surface area contributed by atoms with Crippen molar-refractivity contribution in [2.24, 2.45) is 0 Å². The molecular weight excluding hydrogens is 400 g/mol. The Labute approximate surface area is 190 Å². The lowest BCUT2D eigenvalue weighted by Gasteiger charge is -2.10. The van der Waals surface area contributed by atoms with Gasteiger partial charge in [-0.25, -0.2) is 9.97 Å². The maximum absolute atomic E-state index is 9.71. The fourth-order valence-electron chi connectivity index (χ4n) is 3.38. The van der Waals surface area contributed by atoms with Crippen molar-refractivity contribution in [2.45, 2.75) is 65.7 Å². The zero-order chi connectivity index (χ0) is 23.2. The first kappa shape index (κ1) is 25.0. The first-order valence-electron chi connectivity index (χ1n) is 11.3. The second kappa shape index (κ2) is 13.9. The van der Waals surface area contributed by atoms with Crippen LogP contribution >= 0.6 is 0 Å². The Morgan fingerprint density at radius 1 is 1.16 bits per heavy atom. The molecule has 0 aliphatic carbocycles. The summed E-state index contributed by atoms with van der Waals surface area (Å²) >= 11 is 0. The molecule has 0 amide bonds. The summed E-state index contributed by atoms with van der Waals surface area (Å²) in [6.45, 7) is 10.3. The van der Waals surface area contributed by atoms with Crippen LogP contribution in [0.25, 0.3) is 23.4 Å². The topological polar surface area (TPSA) is 84.7 Å². The van der Waals surface area contributed by atoms with Gasteiger partial charge in [0.1, 0.15) is 12.1 Å². The average Bonchev–Trinajstić information content (AvgIpc) is 3.51. The molecule has 0 fully saturated rings. The molecule has 3 rings (SSSR count). The lowest BCUT2D eigenvalue weighted by Crippen LogP contribution is -1.98. The van der Waals surface area contributed by atoms with Gasteiger partial charge in [0.2, 0.25) is 6.29 Å². The summed E-state index contributed by atoms with van der Waals surface area (Å²) in [5, 5.41) is 0. The number of nitrogens with zero attached hydrogens (tertiary/aromatic N) is 3. The number of pyridine rings is 1. The van der Waals surface area contributed by atoms with Crippen molar-refractivity contribution >= 4 is 18.4 Å². The second-order valence-electron chi connectivity index (χ2n) is 7.41. The minimum Gasteiger partial charge on any atom is -0.443 e. The Morgan fingerprint density at radius 3 is 2.56 bits per heavy atom. The van der Waals surface area contributed by atoms with Gasteiger partial charge in [-0.05, 0) is 31.9 Å². The fourth-order valence-corrected chi connectivity index (χ4v) is 3.38. The number of aldehydes is 1. The number of unbranched alkanes of at least 4 members (excludes halogenated alkanes) is 4. The maximum Gasteiger partial charge on any atom is 0.259 e. The number of aromatic amines is 1. The van der Waals surface area contributed by atoms with Gasteiger partial charge in [0.15, 0.2) is 0 Å². The van der Waals surface area contributed by atoms with Crippen LogP contribution in [0.15, 0.2) is 41.8 Å². The Morgan fingerprint density at radius 2 is 1.97 bits per heavy atom. The van der Waals surface area contributed by atoms with Crippen LogP contribution in [0.2, 0.25) is 0 Å². The Hall–Kier alpha value is -3.28. The number of hydrogen-bond acceptors (Lipinski definition) is 5. The zero-order valence-electron chi connectivity index (χ0n) is 19.4. The van der Waals surface area contributed by atoms with Gasteiger partial charge in [-0.2, -0.15) is 0 Å². The van der Waals surface area contributed by atoms with Crippen LogP contribution in [0.5, 0.6) is 0 Å². The highest BCUT2D eigenvalue weighted by Crippen LogP contribution is 2.26. The molecule has 0 bridgehead atoms. The molecule has 0 aliphatic heterocycles. The van der Waals surface area contributed by atoms with E-state index >= 15 is 0 Å². The summed E-state index contributed by atoms with van der Waals surface area (Å²) in [7, 11) is 0. The van der Waals surface area contributed by atoms with Gasteiger partial charge in [0, 0.05) is 17.5 Å². The number of imidazole rings is 1. The molecule has 0 unspecified atom stereocenters. The van der Waals surface area contributed by atoms with Crippen molar-refractivity contribution < 1.29 is 9.21 Å². The molecule has 1 N–H and O–H groups in total. The van der Waals surface area contributed by atoms with Gasteiger partial charge in [-0.3, -0.25) is 9.78 Å². The predicted octanol–water partition coefficient (Wildman–Crippen LogP) is 6.71. The third kappa shape index (κ3) is 7.45. The lowest BCUT2D eigenvalue weighted by atomic mass is 10.0. The Bertz CT molecular complexity index is 987. The van der Waals surface area contributed by atoms with E-state index in [0.29, 0.717) is 6.29 Å². The number of aromatic nitrogens is 4. The first-order chi connectivity index (χ1) is 15.7. The number of carbonyl (C=O) groups is 1. The molecule has 3 aromatic rings. The third-order valence-electron chi connectivity index (χ3n) is 5.02. The second-order valence-corrected chi connectivity index (χ2v) is 7.41. The highest BCUT2D eigenvalue weighted by atomic mass is 16.3. The molecular formula is C26H34N4O2. The largest absolute Gasteiger partial charge is 0.443 e. The molecule has 0 atom stereocenters. The van der Waals surface area contributed by atoms with E-state index in [2.05, 4.69) is 51.9 Å². The van der Waals surface area contributed by atoms with Crippen molar-refractivity contribution in [2.75, 3.05) is 0 Å². The fraction of sp³-hybridized carbons (Fsp3) is 0.385. The molecule has 0 saturated carbocycles. The van der Waals surface area contributed by atoms with Crippen molar-refractivity contribution in [1.29, 1.82) is 0 Å². The van der Waals surface area contributed by atoms with E-state index in [0.717, 1.165) is 46.9 Å². The van der Waals surface area contributed by atoms with E-state index in [1.165, 1.54) is 44.6 Å². The van der Waals surface area contributed by atoms with Gasteiger partial charge < -0.3 is 9.40 Å². The average molecular weight is 435 g/mol. The van der Waals surface area contributed by atoms with Gasteiger partial charge in [-0.15, -0.1) is 0 Å². The monoisotopic (exact) mass is 434 g/mol. The van der Waals surface area contributed by atoms with Crippen LogP contribution in [0, 0.1) is 0 Å². The van der Waals surface area contributed by atoms with Gasteiger partial charge >= 0.3 is 0 Å². The van der Waals surface area contributed by atoms with E-state index in [4.69, 9.17) is 4.98 Å². The van der Waals surface area contributed by atoms with E-state index < -0.39 is 0 Å². The number of oxazole rings is 1. The highest BCUT2D eigenvalue weighted by Gasteiger charge is 2.12. The highest BCUT2D eigenvalue weighted by molar-refractivity contribution is 5.71. The van der Waals surface area contributed by atoms with E-state index in [1.807, 2.05) is 25.3 Å². The predicted molar refractivity (Wildman–Crippen MR) is 130 cm³/mol. The first-order valence-corrected chi connectivity index (χ1v) is 11.3. The summed E-state index contributed by atoms with van der Waals surface area (Å²) in [5.41, 5.74) is 5.33. The quantitative estimate of drug-likeness (QED) is 0.268. The van der Waals surface area contributed by atoms with Gasteiger partial charge in [0.25, 0.3) is 5.89 Å². The van der Waals surface area contributed by atoms with Gasteiger partial charge in [-0.1, -0.05) is 58.3 Å². The van der Waals surface area contributed by atoms with E-state index in [9.17, 15) is 4.79 Å². The minimum absolute atomic E-state index is 0.125. The van der Waals surface area contributed by atoms with Crippen molar-refractivity contribution in [3.8, 4) is 11.3 Å². The Balaban J connectivity index is 0.000000439. The minimum atomic E-state index is 0.125. The molecule has 0 aliphatic rings. The summed E-state index contributed by atoms with van der Waals surface area (Å²) in [6, 6.07) is 2.20. The van der Waals surface area contributed by atoms with Crippen LogP contribution in [0.1, 0.15) is 86.3 Å². The number of aryl methyl sites for hydroxylation is 2. The number of H-pyrrole nitrogens is 1. The van der Waals surface area contributed by atoms with Crippen LogP contribution in [-0.2, 0) is 12.8 Å². The summed E-state index contributed by atoms with van der Waals surface area (Å²) in [4.78, 5) is 26.1. The summed E-state index contributed by atoms with van der Waals surface area (Å²) < 4.78 is 4.50. The van der Waals surface area contributed by atoms with E-state index in [-0.39, 0.29) is 5.89 Å². The number of carbonyl (C=O) groups excluding carboxylic acids is 1. The lowest BCUT2D eigenvalue weighted by molar-refractivity contribution is 0.109. The van der Waals surface area contributed by atoms with Crippen LogP contribution in [0.3, 0.4) is 0 Å². The molecule has 0 radical (unpaired) electrons. The Kier molecular flexibility index (Phi) is 10.9. The van der Waals surface area contributed by atoms with Crippen molar-refractivity contribution in [1.82, 2.24) is 19.9 Å². The molecule has 0 aromatic carbocycles. The molecule has 6 heteroatoms. The number of nitrogens with one attached hydrogen (secondary N) is 1. The molecule has 170 valence electrons. The molecule has 0 spiro atoms. The van der Waals surface area contributed by atoms with Crippen LogP contribution in [0.4, 0.5) is 0 Å². The SMILES string of the molecule is C=Cc1nc(CC)c(-c2cnc(CCCCCCC)[nH]2)cc1/C=C\C.O=Cc1ncco1. The number of hydrogen-bond donors (Lipinski definition) is 1. The van der Waals surface area contributed by atoms with Crippen molar-refractivity contribution in [3.63, 3.8) is 0 Å². The zero-order valence-corrected chi connectivity index (χ0v) is 19.4. The number of rotatable bonds is 11. The summed E-state index contributed by atoms with van der Waals surface area (Å²) in [5.74, 6) is 1.20. The van der Waals surface area contributed by atoms with Gasteiger partial charge in [0.05, 0.1) is 29.5 Å². The van der Waals surface area contributed by atoms with Crippen LogP contribution < -0.4 is 0 Å². The maximum atomic E-state index is 9.71. The molecule has 0 saturated heterocycles. The standard InChI is InChI=1S/C22H31N3.C4H3NO2/c1-5-9-10-11-12-14-22-23-16-21(25-22)18-15-17(13-6-2)19(7-3)24-20(18)8-4;6-3-4-5-1-2-7-4/h6-7,13,15-16H,3,5,8-12,14H2,1-2,4H3,(H,23,25);1-3H/b13-6-;. The van der Waals surface area contributed by atoms with Crippen LogP contribution in [-0.4, -0.2) is 26.2 Å². The molecule has 3 aromatic heterocycles. The number of allylic oxidation sites excluding steroid dienone is 1. The van der Waals surface area contributed by atoms with E-state index in [1.54, 1.807) is 0 Å². The third-order valence-corrected chi connectivity index (χ3v) is 5.02. The molecule has 3 heterocycles.